The number of hydrogen-bond acceptors (Lipinski definition) is 4. The molecule has 21 heavy (non-hydrogen) atoms. The minimum absolute atomic E-state index is 0.0108. The Balaban J connectivity index is 2.32. The van der Waals surface area contributed by atoms with Crippen molar-refractivity contribution in [3.63, 3.8) is 0 Å². The number of piperidine rings is 1. The van der Waals surface area contributed by atoms with Gasteiger partial charge in [-0.15, -0.1) is 0 Å². The Morgan fingerprint density at radius 1 is 1.48 bits per heavy atom. The van der Waals surface area contributed by atoms with Crippen molar-refractivity contribution in [3.05, 3.63) is 28.8 Å². The highest BCUT2D eigenvalue weighted by Crippen LogP contribution is 2.26. The van der Waals surface area contributed by atoms with Crippen LogP contribution in [0.3, 0.4) is 0 Å². The lowest BCUT2D eigenvalue weighted by atomic mass is 9.99. The van der Waals surface area contributed by atoms with E-state index in [9.17, 15) is 13.2 Å². The van der Waals surface area contributed by atoms with Crippen LogP contribution in [0.4, 0.5) is 0 Å². The van der Waals surface area contributed by atoms with Crippen molar-refractivity contribution in [2.24, 2.45) is 11.7 Å². The summed E-state index contributed by atoms with van der Waals surface area (Å²) < 4.78 is 26.3. The van der Waals surface area contributed by atoms with Crippen molar-refractivity contribution in [2.45, 2.75) is 17.7 Å². The van der Waals surface area contributed by atoms with E-state index in [1.807, 2.05) is 6.07 Å². The van der Waals surface area contributed by atoms with Gasteiger partial charge in [-0.25, -0.2) is 8.42 Å². The van der Waals surface area contributed by atoms with Gasteiger partial charge >= 0.3 is 0 Å². The van der Waals surface area contributed by atoms with Crippen LogP contribution in [-0.2, 0) is 14.8 Å². The average Bonchev–Trinajstić information content (AvgIpc) is 2.47. The van der Waals surface area contributed by atoms with Gasteiger partial charge in [0, 0.05) is 13.1 Å². The number of hydrogen-bond donors (Lipinski definition) is 1. The Morgan fingerprint density at radius 3 is 2.76 bits per heavy atom. The summed E-state index contributed by atoms with van der Waals surface area (Å²) in [5, 5.41) is 8.90. The minimum Gasteiger partial charge on any atom is -0.369 e. The molecule has 1 fully saturated rings. The van der Waals surface area contributed by atoms with Gasteiger partial charge in [-0.2, -0.15) is 9.57 Å². The van der Waals surface area contributed by atoms with Gasteiger partial charge in [-0.05, 0) is 31.0 Å². The minimum atomic E-state index is -3.74. The number of primary amides is 1. The van der Waals surface area contributed by atoms with E-state index >= 15 is 0 Å². The van der Waals surface area contributed by atoms with Crippen molar-refractivity contribution in [1.82, 2.24) is 4.31 Å². The van der Waals surface area contributed by atoms with Crippen LogP contribution in [0.2, 0.25) is 5.02 Å². The molecule has 1 unspecified atom stereocenters. The smallest absolute Gasteiger partial charge is 0.243 e. The highest BCUT2D eigenvalue weighted by molar-refractivity contribution is 7.89. The van der Waals surface area contributed by atoms with E-state index in [2.05, 4.69) is 0 Å². The Labute approximate surface area is 128 Å². The van der Waals surface area contributed by atoms with E-state index in [1.54, 1.807) is 0 Å². The van der Waals surface area contributed by atoms with E-state index in [0.29, 0.717) is 19.4 Å². The SMILES string of the molecule is N#Cc1ccc(S(=O)(=O)N2CCCC(C(N)=O)C2)cc1Cl. The van der Waals surface area contributed by atoms with Gasteiger partial charge in [0.1, 0.15) is 6.07 Å². The van der Waals surface area contributed by atoms with Crippen molar-refractivity contribution in [3.8, 4) is 6.07 Å². The zero-order chi connectivity index (χ0) is 15.6. The van der Waals surface area contributed by atoms with E-state index < -0.39 is 21.8 Å². The molecule has 8 heteroatoms. The molecule has 0 saturated carbocycles. The molecule has 0 bridgehead atoms. The molecule has 6 nitrogen and oxygen atoms in total. The van der Waals surface area contributed by atoms with Crippen molar-refractivity contribution in [1.29, 1.82) is 5.26 Å². The normalized spacial score (nSPS) is 19.9. The topological polar surface area (TPSA) is 104 Å². The van der Waals surface area contributed by atoms with Crippen LogP contribution in [-0.4, -0.2) is 31.7 Å². The second-order valence-corrected chi connectivity index (χ2v) is 7.20. The predicted octanol–water partition coefficient (Wildman–Crippen LogP) is 1.10. The number of nitriles is 1. The number of amides is 1. The summed E-state index contributed by atoms with van der Waals surface area (Å²) in [7, 11) is -3.74. The molecular formula is C13H14ClN3O3S. The first-order chi connectivity index (χ1) is 9.86. The Hall–Kier alpha value is -1.62. The summed E-state index contributed by atoms with van der Waals surface area (Å²) in [6.07, 6.45) is 1.17. The number of carbonyl (C=O) groups is 1. The molecule has 0 aromatic heterocycles. The number of nitrogens with zero attached hydrogens (tertiary/aromatic N) is 2. The van der Waals surface area contributed by atoms with Gasteiger partial charge in [-0.3, -0.25) is 4.79 Å². The number of halogens is 1. The van der Waals surface area contributed by atoms with Crippen LogP contribution in [0, 0.1) is 17.2 Å². The summed E-state index contributed by atoms with van der Waals surface area (Å²) in [6, 6.07) is 5.83. The van der Waals surface area contributed by atoms with Gasteiger partial charge in [0.2, 0.25) is 15.9 Å². The maximum atomic E-state index is 12.5. The van der Waals surface area contributed by atoms with Crippen LogP contribution in [0.5, 0.6) is 0 Å². The monoisotopic (exact) mass is 327 g/mol. The molecule has 1 saturated heterocycles. The fraction of sp³-hybridized carbons (Fsp3) is 0.385. The summed E-state index contributed by atoms with van der Waals surface area (Å²) in [4.78, 5) is 11.3. The first-order valence-electron chi connectivity index (χ1n) is 6.35. The molecule has 0 aliphatic carbocycles. The molecule has 112 valence electrons. The molecular weight excluding hydrogens is 314 g/mol. The van der Waals surface area contributed by atoms with Crippen LogP contribution >= 0.6 is 11.6 Å². The van der Waals surface area contributed by atoms with Crippen LogP contribution in [0.15, 0.2) is 23.1 Å². The molecule has 1 aromatic rings. The molecule has 2 rings (SSSR count). The standard InChI is InChI=1S/C13H14ClN3O3S/c14-12-6-11(4-3-9(12)7-15)21(19,20)17-5-1-2-10(8-17)13(16)18/h3-4,6,10H,1-2,5,8H2,(H2,16,18). The molecule has 1 aromatic carbocycles. The van der Waals surface area contributed by atoms with Crippen LogP contribution in [0.1, 0.15) is 18.4 Å². The zero-order valence-corrected chi connectivity index (χ0v) is 12.7. The largest absolute Gasteiger partial charge is 0.369 e. The van der Waals surface area contributed by atoms with Crippen molar-refractivity contribution in [2.75, 3.05) is 13.1 Å². The number of rotatable bonds is 3. The third-order valence-electron chi connectivity index (χ3n) is 3.49. The number of nitrogens with two attached hydrogens (primary N) is 1. The number of benzene rings is 1. The van der Waals surface area contributed by atoms with Gasteiger partial charge in [0.25, 0.3) is 0 Å². The average molecular weight is 328 g/mol. The van der Waals surface area contributed by atoms with E-state index in [0.717, 1.165) is 0 Å². The molecule has 1 amide bonds. The maximum Gasteiger partial charge on any atom is 0.243 e. The summed E-state index contributed by atoms with van der Waals surface area (Å²) in [5.74, 6) is -0.963. The molecule has 1 heterocycles. The van der Waals surface area contributed by atoms with Gasteiger partial charge in [0.15, 0.2) is 0 Å². The van der Waals surface area contributed by atoms with Crippen molar-refractivity contribution >= 4 is 27.5 Å². The Kier molecular flexibility index (Phi) is 4.52. The third-order valence-corrected chi connectivity index (χ3v) is 5.66. The lowest BCUT2D eigenvalue weighted by Gasteiger charge is -2.30. The highest BCUT2D eigenvalue weighted by Gasteiger charge is 2.32. The number of sulfonamides is 1. The highest BCUT2D eigenvalue weighted by atomic mass is 35.5. The molecule has 0 spiro atoms. The third kappa shape index (κ3) is 3.18. The Bertz CT molecular complexity index is 712. The number of carbonyl (C=O) groups excluding carboxylic acids is 1. The molecule has 1 aliphatic heterocycles. The van der Waals surface area contributed by atoms with Gasteiger partial charge in [-0.1, -0.05) is 11.6 Å². The fourth-order valence-electron chi connectivity index (χ4n) is 2.29. The zero-order valence-electron chi connectivity index (χ0n) is 11.1. The molecule has 1 atom stereocenters. The molecule has 0 radical (unpaired) electrons. The van der Waals surface area contributed by atoms with Gasteiger partial charge in [0.05, 0.1) is 21.4 Å². The summed E-state index contributed by atoms with van der Waals surface area (Å²) >= 11 is 5.87. The quantitative estimate of drug-likeness (QED) is 0.897. The van der Waals surface area contributed by atoms with Crippen molar-refractivity contribution < 1.29 is 13.2 Å². The predicted molar refractivity (Wildman–Crippen MR) is 76.8 cm³/mol. The van der Waals surface area contributed by atoms with E-state index in [4.69, 9.17) is 22.6 Å². The van der Waals surface area contributed by atoms with E-state index in [-0.39, 0.29) is 22.0 Å². The first-order valence-corrected chi connectivity index (χ1v) is 8.17. The van der Waals surface area contributed by atoms with Crippen LogP contribution < -0.4 is 5.73 Å². The fourth-order valence-corrected chi connectivity index (χ4v) is 4.13. The molecule has 2 N–H and O–H groups in total. The summed E-state index contributed by atoms with van der Waals surface area (Å²) in [6.45, 7) is 0.416. The lowest BCUT2D eigenvalue weighted by Crippen LogP contribution is -2.44. The second-order valence-electron chi connectivity index (χ2n) is 4.86. The lowest BCUT2D eigenvalue weighted by molar-refractivity contribution is -0.122. The summed E-state index contributed by atoms with van der Waals surface area (Å²) in [5.41, 5.74) is 5.47. The van der Waals surface area contributed by atoms with Gasteiger partial charge < -0.3 is 5.73 Å². The molecule has 1 aliphatic rings. The maximum absolute atomic E-state index is 12.5. The second kappa shape index (κ2) is 6.02. The van der Waals surface area contributed by atoms with Crippen LogP contribution in [0.25, 0.3) is 0 Å². The first kappa shape index (κ1) is 15.8. The van der Waals surface area contributed by atoms with E-state index in [1.165, 1.54) is 22.5 Å². The Morgan fingerprint density at radius 2 is 2.19 bits per heavy atom.